The predicted molar refractivity (Wildman–Crippen MR) is 93.8 cm³/mol. The monoisotopic (exact) mass is 396 g/mol. The summed E-state index contributed by atoms with van der Waals surface area (Å²) >= 11 is 0. The summed E-state index contributed by atoms with van der Waals surface area (Å²) in [5.74, 6) is -5.15. The molecule has 150 valence electrons. The summed E-state index contributed by atoms with van der Waals surface area (Å²) in [7, 11) is 0. The second-order valence-electron chi connectivity index (χ2n) is 6.93. The Bertz CT molecular complexity index is 857. The molecule has 2 aromatic carbocycles. The van der Waals surface area contributed by atoms with Crippen LogP contribution in [0.5, 0.6) is 0 Å². The number of rotatable bonds is 4. The molecule has 9 heteroatoms. The smallest absolute Gasteiger partial charge is 0.408 e. The molecular formula is C19H19F3N2O4. The van der Waals surface area contributed by atoms with Gasteiger partial charge in [-0.2, -0.15) is 0 Å². The molecule has 0 aliphatic rings. The van der Waals surface area contributed by atoms with Crippen molar-refractivity contribution < 1.29 is 32.7 Å². The van der Waals surface area contributed by atoms with Crippen LogP contribution in [0.4, 0.5) is 18.0 Å². The highest BCUT2D eigenvalue weighted by molar-refractivity contribution is 5.86. The average molecular weight is 396 g/mol. The molecule has 6 nitrogen and oxygen atoms in total. The van der Waals surface area contributed by atoms with E-state index in [4.69, 9.17) is 9.94 Å². The van der Waals surface area contributed by atoms with Crippen LogP contribution < -0.4 is 10.8 Å². The third kappa shape index (κ3) is 5.23. The third-order valence-corrected chi connectivity index (χ3v) is 3.59. The van der Waals surface area contributed by atoms with Gasteiger partial charge in [0.15, 0.2) is 17.5 Å². The number of hydrogen-bond donors (Lipinski definition) is 3. The molecule has 3 N–H and O–H groups in total. The van der Waals surface area contributed by atoms with Gasteiger partial charge < -0.3 is 10.1 Å². The fraction of sp³-hybridized carbons (Fsp3) is 0.263. The first-order valence-electron chi connectivity index (χ1n) is 8.20. The van der Waals surface area contributed by atoms with Crippen LogP contribution >= 0.6 is 0 Å². The van der Waals surface area contributed by atoms with E-state index >= 15 is 0 Å². The lowest BCUT2D eigenvalue weighted by molar-refractivity contribution is -0.131. The first kappa shape index (κ1) is 21.2. The summed E-state index contributed by atoms with van der Waals surface area (Å²) < 4.78 is 45.0. The van der Waals surface area contributed by atoms with E-state index in [-0.39, 0.29) is 11.1 Å². The van der Waals surface area contributed by atoms with Crippen LogP contribution in [0.1, 0.15) is 32.4 Å². The number of alkyl carbamates (subject to hydrolysis) is 1. The number of nitrogens with one attached hydrogen (secondary N) is 2. The van der Waals surface area contributed by atoms with Crippen LogP contribution in [-0.4, -0.2) is 22.8 Å². The van der Waals surface area contributed by atoms with E-state index in [0.29, 0.717) is 5.56 Å². The molecule has 0 saturated carbocycles. The Balaban J connectivity index is 2.29. The minimum absolute atomic E-state index is 0.0891. The molecule has 2 aromatic rings. The highest BCUT2D eigenvalue weighted by Crippen LogP contribution is 2.25. The van der Waals surface area contributed by atoms with Crippen molar-refractivity contribution in [2.45, 2.75) is 32.4 Å². The third-order valence-electron chi connectivity index (χ3n) is 3.59. The second kappa shape index (κ2) is 8.30. The van der Waals surface area contributed by atoms with Gasteiger partial charge in [-0.15, -0.1) is 0 Å². The molecule has 0 bridgehead atoms. The Kier molecular flexibility index (Phi) is 6.30. The molecule has 0 aromatic heterocycles. The van der Waals surface area contributed by atoms with E-state index < -0.39 is 41.1 Å². The van der Waals surface area contributed by atoms with Crippen molar-refractivity contribution in [1.29, 1.82) is 0 Å². The molecule has 1 atom stereocenters. The van der Waals surface area contributed by atoms with Gasteiger partial charge in [-0.25, -0.2) is 23.4 Å². The second-order valence-corrected chi connectivity index (χ2v) is 6.93. The molecule has 0 heterocycles. The van der Waals surface area contributed by atoms with Crippen molar-refractivity contribution in [2.24, 2.45) is 0 Å². The van der Waals surface area contributed by atoms with Gasteiger partial charge in [0.1, 0.15) is 11.6 Å². The van der Waals surface area contributed by atoms with E-state index in [2.05, 4.69) is 5.32 Å². The van der Waals surface area contributed by atoms with Crippen molar-refractivity contribution in [2.75, 3.05) is 0 Å². The summed E-state index contributed by atoms with van der Waals surface area (Å²) in [6.07, 6.45) is -0.882. The number of ether oxygens (including phenoxy) is 1. The van der Waals surface area contributed by atoms with Crippen LogP contribution in [-0.2, 0) is 9.53 Å². The van der Waals surface area contributed by atoms with Crippen LogP contribution in [0.2, 0.25) is 0 Å². The summed E-state index contributed by atoms with van der Waals surface area (Å²) in [5.41, 5.74) is 1.35. The van der Waals surface area contributed by atoms with Crippen LogP contribution in [0.25, 0.3) is 11.1 Å². The maximum atomic E-state index is 13.4. The summed E-state index contributed by atoms with van der Waals surface area (Å²) in [5, 5.41) is 11.2. The molecular weight excluding hydrogens is 377 g/mol. The number of hydrogen-bond acceptors (Lipinski definition) is 4. The molecule has 2 rings (SSSR count). The first-order valence-corrected chi connectivity index (χ1v) is 8.20. The SMILES string of the molecule is CC(C)(C)OC(=O)N[C@H](C(=O)NO)c1ccc(-c2cc(F)c(F)c(F)c2)cc1. The Hall–Kier alpha value is -3.07. The fourth-order valence-electron chi connectivity index (χ4n) is 2.38. The number of carbonyl (C=O) groups excluding carboxylic acids is 2. The average Bonchev–Trinajstić information content (AvgIpc) is 2.62. The summed E-state index contributed by atoms with van der Waals surface area (Å²) in [4.78, 5) is 23.9. The minimum atomic E-state index is -1.57. The Morgan fingerprint density at radius 3 is 2.00 bits per heavy atom. The van der Waals surface area contributed by atoms with Gasteiger partial charge in [-0.05, 0) is 49.6 Å². The van der Waals surface area contributed by atoms with Crippen LogP contribution in [0.15, 0.2) is 36.4 Å². The number of halogens is 3. The standard InChI is InChI=1S/C19H19F3N2O4/c1-19(2,3)28-18(26)23-16(17(25)24-27)11-6-4-10(5-7-11)12-8-13(20)15(22)14(21)9-12/h4-9,16,27H,1-3H3,(H,23,26)(H,24,25)/t16-/m0/s1. The Morgan fingerprint density at radius 2 is 1.54 bits per heavy atom. The summed E-state index contributed by atoms with van der Waals surface area (Å²) in [6, 6.07) is 6.06. The Morgan fingerprint density at radius 1 is 1.00 bits per heavy atom. The fourth-order valence-corrected chi connectivity index (χ4v) is 2.38. The lowest BCUT2D eigenvalue weighted by atomic mass is 10.00. The van der Waals surface area contributed by atoms with Crippen molar-refractivity contribution in [1.82, 2.24) is 10.8 Å². The van der Waals surface area contributed by atoms with Crippen LogP contribution in [0.3, 0.4) is 0 Å². The summed E-state index contributed by atoms with van der Waals surface area (Å²) in [6.45, 7) is 4.93. The van der Waals surface area contributed by atoms with E-state index in [1.807, 2.05) is 0 Å². The number of benzene rings is 2. The molecule has 0 unspecified atom stereocenters. The van der Waals surface area contributed by atoms with Crippen LogP contribution in [0, 0.1) is 17.5 Å². The zero-order valence-corrected chi connectivity index (χ0v) is 15.3. The number of hydroxylamine groups is 1. The zero-order chi connectivity index (χ0) is 21.1. The van der Waals surface area contributed by atoms with E-state index in [9.17, 15) is 22.8 Å². The topological polar surface area (TPSA) is 87.7 Å². The van der Waals surface area contributed by atoms with Gasteiger partial charge in [-0.1, -0.05) is 24.3 Å². The van der Waals surface area contributed by atoms with E-state index in [1.165, 1.54) is 29.7 Å². The highest BCUT2D eigenvalue weighted by atomic mass is 19.2. The van der Waals surface area contributed by atoms with Gasteiger partial charge in [0.2, 0.25) is 0 Å². The molecule has 0 aliphatic heterocycles. The molecule has 28 heavy (non-hydrogen) atoms. The molecule has 0 radical (unpaired) electrons. The van der Waals surface area contributed by atoms with Crippen molar-refractivity contribution in [3.8, 4) is 11.1 Å². The quantitative estimate of drug-likeness (QED) is 0.416. The highest BCUT2D eigenvalue weighted by Gasteiger charge is 2.25. The first-order chi connectivity index (χ1) is 13.0. The Labute approximate surface area is 159 Å². The van der Waals surface area contributed by atoms with Crippen molar-refractivity contribution in [3.05, 3.63) is 59.4 Å². The maximum Gasteiger partial charge on any atom is 0.408 e. The van der Waals surface area contributed by atoms with Crippen molar-refractivity contribution in [3.63, 3.8) is 0 Å². The molecule has 2 amide bonds. The van der Waals surface area contributed by atoms with Gasteiger partial charge in [0.05, 0.1) is 0 Å². The van der Waals surface area contributed by atoms with Gasteiger partial charge in [0, 0.05) is 0 Å². The van der Waals surface area contributed by atoms with Crippen molar-refractivity contribution >= 4 is 12.0 Å². The lowest BCUT2D eigenvalue weighted by Gasteiger charge is -2.23. The molecule has 0 spiro atoms. The predicted octanol–water partition coefficient (Wildman–Crippen LogP) is 3.84. The lowest BCUT2D eigenvalue weighted by Crippen LogP contribution is -2.41. The maximum absolute atomic E-state index is 13.4. The van der Waals surface area contributed by atoms with Gasteiger partial charge >= 0.3 is 6.09 Å². The molecule has 0 fully saturated rings. The number of carbonyl (C=O) groups is 2. The van der Waals surface area contributed by atoms with Gasteiger partial charge in [0.25, 0.3) is 5.91 Å². The minimum Gasteiger partial charge on any atom is -0.444 e. The molecule has 0 aliphatic carbocycles. The van der Waals surface area contributed by atoms with Gasteiger partial charge in [-0.3, -0.25) is 10.0 Å². The molecule has 0 saturated heterocycles. The largest absolute Gasteiger partial charge is 0.444 e. The van der Waals surface area contributed by atoms with E-state index in [0.717, 1.165) is 12.1 Å². The normalized spacial score (nSPS) is 12.2. The zero-order valence-electron chi connectivity index (χ0n) is 15.3. The van der Waals surface area contributed by atoms with E-state index in [1.54, 1.807) is 20.8 Å². The number of amides is 2.